The molecule has 1 heterocycles. The summed E-state index contributed by atoms with van der Waals surface area (Å²) in [6, 6.07) is 8.38. The van der Waals surface area contributed by atoms with Gasteiger partial charge in [-0.05, 0) is 6.92 Å². The van der Waals surface area contributed by atoms with Crippen LogP contribution in [-0.4, -0.2) is 9.55 Å². The number of alkyl halides is 2. The molecule has 0 radical (unpaired) electrons. The van der Waals surface area contributed by atoms with E-state index >= 15 is 0 Å². The Bertz CT molecular complexity index is 641. The number of rotatable bonds is 3. The molecular weight excluding hydrogens is 274 g/mol. The molecule has 3 nitrogen and oxygen atoms in total. The van der Waals surface area contributed by atoms with E-state index in [1.54, 1.807) is 6.07 Å². The largest absolute Gasteiger partial charge is 0.290 e. The van der Waals surface area contributed by atoms with Crippen LogP contribution >= 0.6 is 11.6 Å². The smallest absolute Gasteiger partial charge is 0.290 e. The van der Waals surface area contributed by atoms with Gasteiger partial charge in [-0.25, -0.2) is 4.98 Å². The first kappa shape index (κ1) is 13.7. The van der Waals surface area contributed by atoms with Crippen LogP contribution in [-0.2, 0) is 12.5 Å². The zero-order valence-corrected chi connectivity index (χ0v) is 10.9. The van der Waals surface area contributed by atoms with Crippen LogP contribution in [0.1, 0.15) is 11.4 Å². The highest BCUT2D eigenvalue weighted by Gasteiger charge is 2.32. The third-order valence-corrected chi connectivity index (χ3v) is 2.91. The van der Waals surface area contributed by atoms with Crippen LogP contribution in [0.2, 0.25) is 5.15 Å². The number of halogens is 3. The molecule has 100 valence electrons. The molecule has 0 fully saturated rings. The van der Waals surface area contributed by atoms with Crippen molar-refractivity contribution in [1.82, 2.24) is 9.55 Å². The first-order valence-electron chi connectivity index (χ1n) is 5.57. The molecule has 0 bridgehead atoms. The zero-order chi connectivity index (χ0) is 14.0. The number of benzene rings is 1. The molecule has 6 heteroatoms. The number of aromatic nitrogens is 2. The van der Waals surface area contributed by atoms with Gasteiger partial charge in [-0.15, -0.1) is 0 Å². The normalized spacial score (nSPS) is 11.6. The fourth-order valence-electron chi connectivity index (χ4n) is 1.75. The summed E-state index contributed by atoms with van der Waals surface area (Å²) in [5.74, 6) is -2.99. The second-order valence-corrected chi connectivity index (χ2v) is 4.51. The van der Waals surface area contributed by atoms with Crippen molar-refractivity contribution in [3.05, 3.63) is 63.3 Å². The first-order valence-corrected chi connectivity index (χ1v) is 5.95. The standard InChI is InChI=1S/C13H11ClF2N2O/c1-9-17-11(14)7-12(19)18(9)8-13(15,16)10-5-3-2-4-6-10/h2-7H,8H2,1H3. The van der Waals surface area contributed by atoms with Crippen LogP contribution < -0.4 is 5.56 Å². The molecule has 1 aromatic heterocycles. The summed E-state index contributed by atoms with van der Waals surface area (Å²) in [4.78, 5) is 15.5. The molecule has 0 saturated carbocycles. The van der Waals surface area contributed by atoms with Gasteiger partial charge in [0.25, 0.3) is 11.5 Å². The number of aryl methyl sites for hydroxylation is 1. The highest BCUT2D eigenvalue weighted by atomic mass is 35.5. The van der Waals surface area contributed by atoms with Crippen molar-refractivity contribution in [1.29, 1.82) is 0 Å². The van der Waals surface area contributed by atoms with Gasteiger partial charge in [0.1, 0.15) is 11.0 Å². The molecule has 0 amide bonds. The van der Waals surface area contributed by atoms with Gasteiger partial charge >= 0.3 is 0 Å². The van der Waals surface area contributed by atoms with Crippen molar-refractivity contribution >= 4 is 11.6 Å². The number of hydrogen-bond donors (Lipinski definition) is 0. The Kier molecular flexibility index (Phi) is 3.66. The second kappa shape index (κ2) is 5.09. The molecule has 0 unspecified atom stereocenters. The van der Waals surface area contributed by atoms with E-state index in [0.29, 0.717) is 0 Å². The SMILES string of the molecule is Cc1nc(Cl)cc(=O)n1CC(F)(F)c1ccccc1. The van der Waals surface area contributed by atoms with E-state index in [0.717, 1.165) is 10.6 Å². The Labute approximate surface area is 113 Å². The molecule has 0 aliphatic rings. The Morgan fingerprint density at radius 1 is 1.32 bits per heavy atom. The van der Waals surface area contributed by atoms with E-state index < -0.39 is 18.0 Å². The van der Waals surface area contributed by atoms with Crippen LogP contribution in [0.3, 0.4) is 0 Å². The summed E-state index contributed by atoms with van der Waals surface area (Å²) < 4.78 is 29.1. The Morgan fingerprint density at radius 3 is 2.53 bits per heavy atom. The summed E-state index contributed by atoms with van der Waals surface area (Å²) in [5, 5.41) is 0.00165. The monoisotopic (exact) mass is 284 g/mol. The van der Waals surface area contributed by atoms with Crippen molar-refractivity contribution in [2.24, 2.45) is 0 Å². The lowest BCUT2D eigenvalue weighted by Crippen LogP contribution is -2.31. The molecule has 1 aromatic carbocycles. The van der Waals surface area contributed by atoms with Crippen molar-refractivity contribution < 1.29 is 8.78 Å². The Morgan fingerprint density at radius 2 is 1.95 bits per heavy atom. The molecule has 19 heavy (non-hydrogen) atoms. The minimum absolute atomic E-state index is 0.00165. The molecule has 0 aliphatic heterocycles. The van der Waals surface area contributed by atoms with E-state index in [4.69, 9.17) is 11.6 Å². The summed E-state index contributed by atoms with van der Waals surface area (Å²) in [6.45, 7) is 0.709. The average Bonchev–Trinajstić information content (AvgIpc) is 2.35. The Balaban J connectivity index is 2.39. The Hall–Kier alpha value is -1.75. The number of nitrogens with zero attached hydrogens (tertiary/aromatic N) is 2. The van der Waals surface area contributed by atoms with Crippen LogP contribution in [0.25, 0.3) is 0 Å². The second-order valence-electron chi connectivity index (χ2n) is 4.12. The quantitative estimate of drug-likeness (QED) is 0.812. The predicted octanol–water partition coefficient (Wildman–Crippen LogP) is 3.00. The fourth-order valence-corrected chi connectivity index (χ4v) is 1.97. The molecule has 0 aliphatic carbocycles. The van der Waals surface area contributed by atoms with Crippen LogP contribution in [0.15, 0.2) is 41.2 Å². The zero-order valence-electron chi connectivity index (χ0n) is 10.1. The van der Waals surface area contributed by atoms with E-state index in [1.165, 1.54) is 31.2 Å². The fraction of sp³-hybridized carbons (Fsp3) is 0.231. The summed E-state index contributed by atoms with van der Waals surface area (Å²) in [5.41, 5.74) is -0.732. The predicted molar refractivity (Wildman–Crippen MR) is 68.6 cm³/mol. The summed E-state index contributed by atoms with van der Waals surface area (Å²) in [7, 11) is 0. The lowest BCUT2D eigenvalue weighted by Gasteiger charge is -2.19. The van der Waals surface area contributed by atoms with Crippen LogP contribution in [0.5, 0.6) is 0 Å². The van der Waals surface area contributed by atoms with E-state index in [9.17, 15) is 13.6 Å². The van der Waals surface area contributed by atoms with Crippen molar-refractivity contribution in [2.75, 3.05) is 0 Å². The van der Waals surface area contributed by atoms with E-state index in [1.807, 2.05) is 0 Å². The van der Waals surface area contributed by atoms with E-state index in [-0.39, 0.29) is 16.5 Å². The molecule has 0 saturated heterocycles. The maximum absolute atomic E-state index is 14.1. The maximum Gasteiger partial charge on any atom is 0.290 e. The summed E-state index contributed by atoms with van der Waals surface area (Å²) >= 11 is 5.60. The molecule has 0 spiro atoms. The average molecular weight is 285 g/mol. The van der Waals surface area contributed by atoms with Gasteiger partial charge in [-0.1, -0.05) is 41.9 Å². The lowest BCUT2D eigenvalue weighted by atomic mass is 10.1. The highest BCUT2D eigenvalue weighted by Crippen LogP contribution is 2.29. The van der Waals surface area contributed by atoms with Crippen LogP contribution in [0.4, 0.5) is 8.78 Å². The molecule has 2 rings (SSSR count). The molecular formula is C13H11ClF2N2O. The van der Waals surface area contributed by atoms with Crippen LogP contribution in [0, 0.1) is 6.92 Å². The molecule has 0 N–H and O–H groups in total. The highest BCUT2D eigenvalue weighted by molar-refractivity contribution is 6.29. The first-order chi connectivity index (χ1) is 8.90. The minimum Gasteiger partial charge on any atom is -0.290 e. The van der Waals surface area contributed by atoms with Gasteiger partial charge in [0.15, 0.2) is 0 Å². The van der Waals surface area contributed by atoms with Gasteiger partial charge in [-0.2, -0.15) is 8.78 Å². The van der Waals surface area contributed by atoms with Crippen molar-refractivity contribution in [3.63, 3.8) is 0 Å². The number of hydrogen-bond acceptors (Lipinski definition) is 2. The minimum atomic E-state index is -3.15. The topological polar surface area (TPSA) is 34.9 Å². The van der Waals surface area contributed by atoms with Gasteiger partial charge in [0.05, 0.1) is 6.54 Å². The maximum atomic E-state index is 14.1. The van der Waals surface area contributed by atoms with Gasteiger partial charge in [0, 0.05) is 11.6 Å². The van der Waals surface area contributed by atoms with Crippen molar-refractivity contribution in [3.8, 4) is 0 Å². The van der Waals surface area contributed by atoms with E-state index in [2.05, 4.69) is 4.98 Å². The lowest BCUT2D eigenvalue weighted by molar-refractivity contribution is -0.0239. The van der Waals surface area contributed by atoms with Gasteiger partial charge < -0.3 is 0 Å². The van der Waals surface area contributed by atoms with Crippen molar-refractivity contribution in [2.45, 2.75) is 19.4 Å². The third-order valence-electron chi connectivity index (χ3n) is 2.72. The van der Waals surface area contributed by atoms with Gasteiger partial charge in [0.2, 0.25) is 0 Å². The molecule has 2 aromatic rings. The third kappa shape index (κ3) is 2.98. The summed E-state index contributed by atoms with van der Waals surface area (Å²) in [6.07, 6.45) is 0. The van der Waals surface area contributed by atoms with Gasteiger partial charge in [-0.3, -0.25) is 9.36 Å². The molecule has 0 atom stereocenters.